The van der Waals surface area contributed by atoms with E-state index in [9.17, 15) is 9.90 Å². The third-order valence-corrected chi connectivity index (χ3v) is 5.46. The second-order valence-electron chi connectivity index (χ2n) is 7.02. The van der Waals surface area contributed by atoms with E-state index in [0.29, 0.717) is 49.1 Å². The normalized spacial score (nSPS) is 22.0. The van der Waals surface area contributed by atoms with E-state index in [-0.39, 0.29) is 16.8 Å². The zero-order valence-corrected chi connectivity index (χ0v) is 17.1. The molecule has 0 bridgehead atoms. The molecule has 1 fully saturated rings. The van der Waals surface area contributed by atoms with Gasteiger partial charge in [0.1, 0.15) is 13.2 Å². The highest BCUT2D eigenvalue weighted by molar-refractivity contribution is 6.33. The Hall–Kier alpha value is -1.74. The molecule has 156 valence electrons. The Morgan fingerprint density at radius 1 is 1.39 bits per heavy atom. The van der Waals surface area contributed by atoms with Gasteiger partial charge in [0.2, 0.25) is 5.75 Å². The number of piperidine rings is 1. The zero-order valence-electron chi connectivity index (χ0n) is 16.3. The summed E-state index contributed by atoms with van der Waals surface area (Å²) in [4.78, 5) is 15.0. The van der Waals surface area contributed by atoms with Gasteiger partial charge in [-0.05, 0) is 26.1 Å². The molecule has 0 radical (unpaired) electrons. The number of carbonyl (C=O) groups excluding carboxylic acids is 1. The number of carbonyl (C=O) groups is 1. The van der Waals surface area contributed by atoms with Gasteiger partial charge in [-0.3, -0.25) is 9.69 Å². The van der Waals surface area contributed by atoms with Crippen LogP contribution < -0.4 is 24.8 Å². The number of rotatable bonds is 7. The van der Waals surface area contributed by atoms with Crippen molar-refractivity contribution in [1.82, 2.24) is 15.5 Å². The molecule has 0 aliphatic carbocycles. The van der Waals surface area contributed by atoms with Crippen molar-refractivity contribution in [3.8, 4) is 17.2 Å². The molecule has 3 N–H and O–H groups in total. The smallest absolute Gasteiger partial charge is 0.255 e. The Morgan fingerprint density at radius 2 is 2.14 bits per heavy atom. The second kappa shape index (κ2) is 9.65. The first-order chi connectivity index (χ1) is 13.5. The van der Waals surface area contributed by atoms with Gasteiger partial charge in [-0.15, -0.1) is 0 Å². The third-order valence-electron chi connectivity index (χ3n) is 5.18. The molecule has 8 nitrogen and oxygen atoms in total. The third kappa shape index (κ3) is 4.63. The monoisotopic (exact) mass is 413 g/mol. The van der Waals surface area contributed by atoms with E-state index >= 15 is 0 Å². The lowest BCUT2D eigenvalue weighted by atomic mass is 9.93. The van der Waals surface area contributed by atoms with Crippen LogP contribution in [0, 0.1) is 5.92 Å². The van der Waals surface area contributed by atoms with Gasteiger partial charge in [-0.2, -0.15) is 0 Å². The highest BCUT2D eigenvalue weighted by Crippen LogP contribution is 2.46. The summed E-state index contributed by atoms with van der Waals surface area (Å²) in [6, 6.07) is 1.53. The number of nitrogens with one attached hydrogen (secondary N) is 2. The number of amides is 1. The van der Waals surface area contributed by atoms with Crippen molar-refractivity contribution in [3.05, 3.63) is 16.7 Å². The van der Waals surface area contributed by atoms with Crippen molar-refractivity contribution in [2.24, 2.45) is 5.92 Å². The molecule has 2 aliphatic heterocycles. The highest BCUT2D eigenvalue weighted by atomic mass is 35.5. The Bertz CT molecular complexity index is 703. The Labute approximate surface area is 170 Å². The largest absolute Gasteiger partial charge is 0.491 e. The molecule has 2 atom stereocenters. The molecule has 1 aromatic rings. The van der Waals surface area contributed by atoms with Crippen LogP contribution in [-0.2, 0) is 0 Å². The number of likely N-dealkylation sites (N-methyl/N-ethyl adjacent to an activating group) is 1. The van der Waals surface area contributed by atoms with Crippen LogP contribution in [0.1, 0.15) is 16.8 Å². The van der Waals surface area contributed by atoms with E-state index < -0.39 is 6.10 Å². The van der Waals surface area contributed by atoms with E-state index in [1.165, 1.54) is 13.2 Å². The molecule has 28 heavy (non-hydrogen) atoms. The lowest BCUT2D eigenvalue weighted by Gasteiger charge is -2.36. The minimum Gasteiger partial charge on any atom is -0.491 e. The van der Waals surface area contributed by atoms with Crippen molar-refractivity contribution in [1.29, 1.82) is 0 Å². The van der Waals surface area contributed by atoms with E-state index in [4.69, 9.17) is 25.8 Å². The van der Waals surface area contributed by atoms with Crippen molar-refractivity contribution >= 4 is 17.5 Å². The molecule has 0 aromatic heterocycles. The Morgan fingerprint density at radius 3 is 2.82 bits per heavy atom. The average Bonchev–Trinajstić information content (AvgIpc) is 2.70. The first-order valence-corrected chi connectivity index (χ1v) is 9.92. The Balaban J connectivity index is 1.64. The zero-order chi connectivity index (χ0) is 20.1. The van der Waals surface area contributed by atoms with Gasteiger partial charge in [0, 0.05) is 32.1 Å². The number of nitrogens with zero attached hydrogens (tertiary/aromatic N) is 1. The number of β-amino-alcohol motifs (C(OH)–C–C–N with tert-alkyl or cyclic N) is 1. The van der Waals surface area contributed by atoms with E-state index in [0.717, 1.165) is 26.1 Å². The van der Waals surface area contributed by atoms with Gasteiger partial charge in [0.25, 0.3) is 5.91 Å². The summed E-state index contributed by atoms with van der Waals surface area (Å²) >= 11 is 6.25. The summed E-state index contributed by atoms with van der Waals surface area (Å²) in [5.41, 5.74) is 0.307. The van der Waals surface area contributed by atoms with Crippen LogP contribution in [0.2, 0.25) is 5.02 Å². The van der Waals surface area contributed by atoms with Crippen molar-refractivity contribution in [3.63, 3.8) is 0 Å². The number of ether oxygens (including phenoxy) is 3. The maximum Gasteiger partial charge on any atom is 0.255 e. The highest BCUT2D eigenvalue weighted by Gasteiger charge is 2.30. The van der Waals surface area contributed by atoms with Gasteiger partial charge in [-0.1, -0.05) is 11.6 Å². The van der Waals surface area contributed by atoms with E-state index in [1.807, 2.05) is 7.05 Å². The number of halogens is 1. The summed E-state index contributed by atoms with van der Waals surface area (Å²) < 4.78 is 16.5. The number of aliphatic hydroxyl groups is 1. The van der Waals surface area contributed by atoms with E-state index in [2.05, 4.69) is 15.5 Å². The average molecular weight is 414 g/mol. The molecular formula is C19H28ClN3O5. The summed E-state index contributed by atoms with van der Waals surface area (Å²) in [5, 5.41) is 16.7. The first-order valence-electron chi connectivity index (χ1n) is 9.54. The van der Waals surface area contributed by atoms with Crippen LogP contribution >= 0.6 is 11.6 Å². The van der Waals surface area contributed by atoms with Crippen LogP contribution in [0.15, 0.2) is 6.07 Å². The fraction of sp³-hybridized carbons (Fsp3) is 0.632. The maximum absolute atomic E-state index is 12.8. The molecule has 1 amide bonds. The summed E-state index contributed by atoms with van der Waals surface area (Å²) in [7, 11) is 3.40. The molecule has 0 saturated carbocycles. The maximum atomic E-state index is 12.8. The minimum atomic E-state index is -0.473. The second-order valence-corrected chi connectivity index (χ2v) is 7.43. The minimum absolute atomic E-state index is 0.0106. The number of benzene rings is 1. The predicted molar refractivity (Wildman–Crippen MR) is 106 cm³/mol. The van der Waals surface area contributed by atoms with Gasteiger partial charge in [-0.25, -0.2) is 0 Å². The molecule has 1 saturated heterocycles. The standard InChI is InChI=1S/C19H28ClN3O5/c1-21-4-6-23-5-3-12(15(24)11-23)10-22-19(25)13-9-14(20)17(26-2)18-16(13)27-7-8-28-18/h9,12,15,21,24H,3-8,10-11H2,1-2H3,(H,22,25)/t12-,15+/m0/s1. The fourth-order valence-corrected chi connectivity index (χ4v) is 3.86. The molecule has 0 spiro atoms. The van der Waals surface area contributed by atoms with Gasteiger partial charge in [0.15, 0.2) is 11.5 Å². The van der Waals surface area contributed by atoms with Gasteiger partial charge < -0.3 is 30.0 Å². The number of hydrogen-bond acceptors (Lipinski definition) is 7. The summed E-state index contributed by atoms with van der Waals surface area (Å²) in [5.74, 6) is 0.751. The number of aliphatic hydroxyl groups excluding tert-OH is 1. The Kier molecular flexibility index (Phi) is 7.23. The lowest BCUT2D eigenvalue weighted by molar-refractivity contribution is 0.0228. The predicted octanol–water partition coefficient (Wildman–Crippen LogP) is 0.752. The number of fused-ring (bicyclic) bond motifs is 1. The van der Waals surface area contributed by atoms with Crippen LogP contribution in [-0.4, -0.2) is 82.1 Å². The summed E-state index contributed by atoms with van der Waals surface area (Å²) in [6.45, 7) is 4.41. The van der Waals surface area contributed by atoms with Crippen LogP contribution in [0.5, 0.6) is 17.2 Å². The molecular weight excluding hydrogens is 386 g/mol. The van der Waals surface area contributed by atoms with E-state index in [1.54, 1.807) is 0 Å². The molecule has 9 heteroatoms. The molecule has 2 aliphatic rings. The molecule has 0 unspecified atom stereocenters. The van der Waals surface area contributed by atoms with Gasteiger partial charge in [0.05, 0.1) is 23.8 Å². The SMILES string of the molecule is CNCCN1CC[C@@H](CNC(=O)c2cc(Cl)c(OC)c3c2OCCO3)[C@H](O)C1. The summed E-state index contributed by atoms with van der Waals surface area (Å²) in [6.07, 6.45) is 0.352. The molecule has 1 aromatic carbocycles. The fourth-order valence-electron chi connectivity index (χ4n) is 3.59. The first kappa shape index (κ1) is 21.0. The number of methoxy groups -OCH3 is 1. The van der Waals surface area contributed by atoms with Crippen LogP contribution in [0.4, 0.5) is 0 Å². The van der Waals surface area contributed by atoms with Crippen molar-refractivity contribution < 1.29 is 24.1 Å². The lowest BCUT2D eigenvalue weighted by Crippen LogP contribution is -2.48. The van der Waals surface area contributed by atoms with Gasteiger partial charge >= 0.3 is 0 Å². The molecule has 3 rings (SSSR count). The van der Waals surface area contributed by atoms with Crippen LogP contribution in [0.3, 0.4) is 0 Å². The topological polar surface area (TPSA) is 92.3 Å². The van der Waals surface area contributed by atoms with Crippen LogP contribution in [0.25, 0.3) is 0 Å². The number of likely N-dealkylation sites (tertiary alicyclic amines) is 1. The van der Waals surface area contributed by atoms with Crippen molar-refractivity contribution in [2.45, 2.75) is 12.5 Å². The molecule has 2 heterocycles. The van der Waals surface area contributed by atoms with Crippen molar-refractivity contribution in [2.75, 3.05) is 60.1 Å². The quantitative estimate of drug-likeness (QED) is 0.607. The number of hydrogen-bond donors (Lipinski definition) is 3.